The van der Waals surface area contributed by atoms with E-state index in [4.69, 9.17) is 5.73 Å². The fourth-order valence-corrected chi connectivity index (χ4v) is 1.10. The number of nitrogens with two attached hydrogens (primary N) is 1. The Kier molecular flexibility index (Phi) is 2.53. The minimum atomic E-state index is 0.207. The lowest BCUT2D eigenvalue weighted by molar-refractivity contribution is 0.589. The summed E-state index contributed by atoms with van der Waals surface area (Å²) in [6.07, 6.45) is 0. The van der Waals surface area contributed by atoms with Gasteiger partial charge in [-0.15, -0.1) is 0 Å². The highest BCUT2D eigenvalue weighted by Crippen LogP contribution is 2.22. The number of benzene rings is 1. The van der Waals surface area contributed by atoms with Crippen molar-refractivity contribution in [2.24, 2.45) is 5.73 Å². The molecule has 0 bridgehead atoms. The zero-order chi connectivity index (χ0) is 9.19. The monoisotopic (exact) mass is 162 g/mol. The van der Waals surface area contributed by atoms with Crippen molar-refractivity contribution in [2.45, 2.75) is 32.7 Å². The van der Waals surface area contributed by atoms with E-state index in [1.54, 1.807) is 0 Å². The second-order valence-corrected chi connectivity index (χ2v) is 4.06. The van der Waals surface area contributed by atoms with Gasteiger partial charge in [0.05, 0.1) is 0 Å². The van der Waals surface area contributed by atoms with Crippen molar-refractivity contribution < 1.29 is 0 Å². The van der Waals surface area contributed by atoms with Crippen molar-refractivity contribution in [1.29, 1.82) is 0 Å². The maximum atomic E-state index is 5.53. The normalized spacial score (nSPS) is 11.7. The molecule has 0 aliphatic rings. The molecule has 65 valence electrons. The molecule has 12 heavy (non-hydrogen) atoms. The molecule has 0 saturated heterocycles. The van der Waals surface area contributed by atoms with Gasteiger partial charge in [-0.05, 0) is 22.6 Å². The molecule has 0 unspecified atom stereocenters. The fourth-order valence-electron chi connectivity index (χ4n) is 1.10. The third-order valence-corrected chi connectivity index (χ3v) is 1.95. The van der Waals surface area contributed by atoms with Crippen LogP contribution in [0.25, 0.3) is 0 Å². The van der Waals surface area contributed by atoms with Crippen molar-refractivity contribution in [2.75, 3.05) is 0 Å². The summed E-state index contributed by atoms with van der Waals surface area (Å²) in [4.78, 5) is 0. The summed E-state index contributed by atoms with van der Waals surface area (Å²) in [7, 11) is 0. The van der Waals surface area contributed by atoms with Crippen molar-refractivity contribution in [1.82, 2.24) is 0 Å². The molecule has 0 aromatic heterocycles. The zero-order valence-corrected chi connectivity index (χ0v) is 8.02. The van der Waals surface area contributed by atoms with E-state index >= 15 is 0 Å². The van der Waals surface area contributed by atoms with E-state index in [2.05, 4.69) is 39.0 Å². The summed E-state index contributed by atoms with van der Waals surface area (Å²) in [5, 5.41) is 0. The van der Waals surface area contributed by atoms with E-state index in [0.717, 1.165) is 5.56 Å². The van der Waals surface area contributed by atoms with Crippen LogP contribution in [0.2, 0.25) is 0 Å². The largest absolute Gasteiger partial charge is 0.326 e. The summed E-state index contributed by atoms with van der Waals surface area (Å²) in [6, 6.07) is 9.27. The predicted octanol–water partition coefficient (Wildman–Crippen LogP) is 2.24. The number of rotatable bonds is 1. The highest BCUT2D eigenvalue weighted by molar-refractivity contribution is 5.27. The summed E-state index contributed by atoms with van der Waals surface area (Å²) < 4.78 is 0. The first-order valence-electron chi connectivity index (χ1n) is 4.25. The molecule has 1 radical (unpaired) electrons. The first-order valence-corrected chi connectivity index (χ1v) is 4.25. The molecule has 1 heteroatoms. The number of hydrogen-bond acceptors (Lipinski definition) is 1. The third kappa shape index (κ3) is 2.08. The van der Waals surface area contributed by atoms with Gasteiger partial charge in [0, 0.05) is 6.54 Å². The lowest BCUT2D eigenvalue weighted by atomic mass is 9.86. The van der Waals surface area contributed by atoms with Crippen LogP contribution in [0.15, 0.2) is 18.2 Å². The van der Waals surface area contributed by atoms with Gasteiger partial charge in [0.15, 0.2) is 0 Å². The molecular weight excluding hydrogens is 146 g/mol. The van der Waals surface area contributed by atoms with Crippen LogP contribution in [-0.4, -0.2) is 0 Å². The van der Waals surface area contributed by atoms with Gasteiger partial charge in [-0.3, -0.25) is 0 Å². The average molecular weight is 162 g/mol. The van der Waals surface area contributed by atoms with Crippen LogP contribution in [0.4, 0.5) is 0 Å². The van der Waals surface area contributed by atoms with E-state index < -0.39 is 0 Å². The average Bonchev–Trinajstić information content (AvgIpc) is 2.03. The molecule has 1 aromatic rings. The molecule has 0 spiro atoms. The maximum absolute atomic E-state index is 5.53. The van der Waals surface area contributed by atoms with Crippen molar-refractivity contribution in [3.05, 3.63) is 35.4 Å². The topological polar surface area (TPSA) is 26.0 Å². The smallest absolute Gasteiger partial charge is 0.0184 e. The van der Waals surface area contributed by atoms with Gasteiger partial charge in [0.25, 0.3) is 0 Å². The number of hydrogen-bond donors (Lipinski definition) is 1. The maximum Gasteiger partial charge on any atom is 0.0184 e. The summed E-state index contributed by atoms with van der Waals surface area (Å²) >= 11 is 0. The van der Waals surface area contributed by atoms with E-state index in [-0.39, 0.29) is 5.41 Å². The molecule has 1 nitrogen and oxygen atoms in total. The van der Waals surface area contributed by atoms with Crippen LogP contribution in [-0.2, 0) is 12.0 Å². The van der Waals surface area contributed by atoms with Crippen LogP contribution in [0.3, 0.4) is 0 Å². The molecule has 1 aromatic carbocycles. The Bertz CT molecular complexity index is 258. The minimum absolute atomic E-state index is 0.207. The molecular formula is C11H16N. The Balaban J connectivity index is 3.02. The molecule has 0 heterocycles. The second kappa shape index (κ2) is 3.28. The quantitative estimate of drug-likeness (QED) is 0.673. The highest BCUT2D eigenvalue weighted by atomic mass is 14.5. The van der Waals surface area contributed by atoms with Gasteiger partial charge >= 0.3 is 0 Å². The van der Waals surface area contributed by atoms with E-state index in [0.29, 0.717) is 6.54 Å². The summed E-state index contributed by atoms with van der Waals surface area (Å²) in [6.45, 7) is 7.16. The van der Waals surface area contributed by atoms with E-state index in [1.165, 1.54) is 5.56 Å². The van der Waals surface area contributed by atoms with Crippen LogP contribution < -0.4 is 5.73 Å². The zero-order valence-electron chi connectivity index (χ0n) is 8.02. The molecule has 0 atom stereocenters. The lowest BCUT2D eigenvalue weighted by Crippen LogP contribution is -2.11. The van der Waals surface area contributed by atoms with Gasteiger partial charge < -0.3 is 5.73 Å². The van der Waals surface area contributed by atoms with Crippen LogP contribution in [0.5, 0.6) is 0 Å². The van der Waals surface area contributed by atoms with Gasteiger partial charge in [-0.1, -0.05) is 39.0 Å². The Morgan fingerprint density at radius 3 is 2.58 bits per heavy atom. The molecule has 0 fully saturated rings. The Morgan fingerprint density at radius 2 is 2.08 bits per heavy atom. The van der Waals surface area contributed by atoms with Crippen LogP contribution in [0, 0.1) is 6.07 Å². The molecule has 0 amide bonds. The van der Waals surface area contributed by atoms with Crippen LogP contribution >= 0.6 is 0 Å². The Hall–Kier alpha value is -0.820. The minimum Gasteiger partial charge on any atom is -0.326 e. The predicted molar refractivity (Wildman–Crippen MR) is 51.9 cm³/mol. The van der Waals surface area contributed by atoms with Gasteiger partial charge in [0.2, 0.25) is 0 Å². The van der Waals surface area contributed by atoms with Crippen LogP contribution in [0.1, 0.15) is 31.9 Å². The Morgan fingerprint density at radius 1 is 1.42 bits per heavy atom. The van der Waals surface area contributed by atoms with Crippen molar-refractivity contribution in [3.8, 4) is 0 Å². The molecule has 0 aliphatic carbocycles. The molecule has 0 aliphatic heterocycles. The first kappa shape index (κ1) is 9.27. The molecule has 1 rings (SSSR count). The Labute approximate surface area is 74.6 Å². The van der Waals surface area contributed by atoms with Gasteiger partial charge in [-0.25, -0.2) is 0 Å². The molecule has 0 saturated carbocycles. The third-order valence-electron chi connectivity index (χ3n) is 1.95. The standard InChI is InChI=1S/C11H16N/c1-11(2,3)10-6-4-5-9(7-10)8-12/h4,6-7H,8,12H2,1-3H3. The molecule has 2 N–H and O–H groups in total. The van der Waals surface area contributed by atoms with Crippen molar-refractivity contribution in [3.63, 3.8) is 0 Å². The highest BCUT2D eigenvalue weighted by Gasteiger charge is 2.12. The van der Waals surface area contributed by atoms with Gasteiger partial charge in [0.1, 0.15) is 0 Å². The lowest BCUT2D eigenvalue weighted by Gasteiger charge is -2.19. The summed E-state index contributed by atoms with van der Waals surface area (Å²) in [5.74, 6) is 0. The van der Waals surface area contributed by atoms with Gasteiger partial charge in [-0.2, -0.15) is 0 Å². The fraction of sp³-hybridized carbons (Fsp3) is 0.455. The van der Waals surface area contributed by atoms with Crippen molar-refractivity contribution >= 4 is 0 Å². The second-order valence-electron chi connectivity index (χ2n) is 4.06. The SMILES string of the molecule is CC(C)(C)c1cc[c]c(CN)c1. The van der Waals surface area contributed by atoms with E-state index in [1.807, 2.05) is 6.07 Å². The summed E-state index contributed by atoms with van der Waals surface area (Å²) in [5.41, 5.74) is 8.14. The van der Waals surface area contributed by atoms with E-state index in [9.17, 15) is 0 Å². The first-order chi connectivity index (χ1) is 5.54.